The number of nitrogens with zero attached hydrogens (tertiary/aromatic N) is 3. The normalized spacial score (nSPS) is 14.7. The van der Waals surface area contributed by atoms with Crippen molar-refractivity contribution in [3.63, 3.8) is 0 Å². The highest BCUT2D eigenvalue weighted by molar-refractivity contribution is 6.33. The summed E-state index contributed by atoms with van der Waals surface area (Å²) in [4.78, 5) is 47.1. The van der Waals surface area contributed by atoms with E-state index in [1.165, 1.54) is 24.4 Å². The molecule has 1 amide bonds. The predicted molar refractivity (Wildman–Crippen MR) is 214 cm³/mol. The number of hydrogen-bond donors (Lipinski definition) is 0. The molecular formula is C44H38Cl2FN3O8. The van der Waals surface area contributed by atoms with Crippen LogP contribution in [0.1, 0.15) is 27.8 Å². The van der Waals surface area contributed by atoms with Crippen molar-refractivity contribution >= 4 is 46.8 Å². The monoisotopic (exact) mass is 825 g/mol. The van der Waals surface area contributed by atoms with Gasteiger partial charge in [-0.05, 0) is 72.1 Å². The Morgan fingerprint density at radius 3 is 2.26 bits per heavy atom. The summed E-state index contributed by atoms with van der Waals surface area (Å²) in [6.45, 7) is 4.72. The quantitative estimate of drug-likeness (QED) is 0.0855. The third-order valence-electron chi connectivity index (χ3n) is 9.56. The van der Waals surface area contributed by atoms with Crippen molar-refractivity contribution < 1.29 is 42.5 Å². The average molecular weight is 827 g/mol. The first-order chi connectivity index (χ1) is 28.1. The van der Waals surface area contributed by atoms with E-state index in [2.05, 4.69) is 34.1 Å². The SMILES string of the molecule is Cc1cc(C2=C(C(=O)N3CCN(Cc4ccc(CCOc5ccc(F)cc5)cc4)CC3)COC(=O)C(=O)O2)cc(Cl)c1Oc1ccc(OCc2ccccc2Cl)cn1. The Morgan fingerprint density at radius 1 is 0.828 bits per heavy atom. The number of carbonyl (C=O) groups is 3. The van der Waals surface area contributed by atoms with E-state index in [1.807, 2.05) is 18.2 Å². The molecule has 1 saturated heterocycles. The highest BCUT2D eigenvalue weighted by Crippen LogP contribution is 2.37. The van der Waals surface area contributed by atoms with Gasteiger partial charge in [0, 0.05) is 61.4 Å². The number of cyclic esters (lactones) is 2. The minimum atomic E-state index is -1.25. The average Bonchev–Trinajstić information content (AvgIpc) is 3.38. The Bertz CT molecular complexity index is 2290. The van der Waals surface area contributed by atoms with Crippen molar-refractivity contribution in [1.29, 1.82) is 0 Å². The first kappa shape index (κ1) is 40.3. The second kappa shape index (κ2) is 18.5. The number of pyridine rings is 1. The van der Waals surface area contributed by atoms with Gasteiger partial charge < -0.3 is 28.6 Å². The third-order valence-corrected chi connectivity index (χ3v) is 10.2. The zero-order valence-corrected chi connectivity index (χ0v) is 32.9. The van der Waals surface area contributed by atoms with Crippen LogP contribution in [0.2, 0.25) is 10.0 Å². The summed E-state index contributed by atoms with van der Waals surface area (Å²) in [6, 6.07) is 28.1. The molecule has 0 bridgehead atoms. The van der Waals surface area contributed by atoms with Crippen molar-refractivity contribution in [3.8, 4) is 23.1 Å². The Balaban J connectivity index is 0.973. The first-order valence-corrected chi connectivity index (χ1v) is 19.3. The number of ether oxygens (including phenoxy) is 5. The molecule has 3 heterocycles. The molecule has 0 saturated carbocycles. The molecule has 2 aliphatic rings. The van der Waals surface area contributed by atoms with Gasteiger partial charge in [0.1, 0.15) is 30.5 Å². The summed E-state index contributed by atoms with van der Waals surface area (Å²) < 4.78 is 41.3. The van der Waals surface area contributed by atoms with Crippen LogP contribution in [0.5, 0.6) is 23.1 Å². The number of aryl methyl sites for hydroxylation is 1. The molecule has 0 N–H and O–H groups in total. The van der Waals surface area contributed by atoms with Gasteiger partial charge >= 0.3 is 11.9 Å². The Morgan fingerprint density at radius 2 is 1.55 bits per heavy atom. The third kappa shape index (κ3) is 10.1. The second-order valence-electron chi connectivity index (χ2n) is 13.6. The van der Waals surface area contributed by atoms with Crippen molar-refractivity contribution in [2.75, 3.05) is 39.4 Å². The summed E-state index contributed by atoms with van der Waals surface area (Å²) in [5.74, 6) is -1.60. The Hall–Kier alpha value is -5.95. The Labute approximate surface area is 344 Å². The molecule has 0 unspecified atom stereocenters. The van der Waals surface area contributed by atoms with Crippen LogP contribution in [0.3, 0.4) is 0 Å². The van der Waals surface area contributed by atoms with Gasteiger partial charge in [0.2, 0.25) is 5.88 Å². The molecule has 14 heteroatoms. The van der Waals surface area contributed by atoms with E-state index in [0.717, 1.165) is 16.7 Å². The summed E-state index contributed by atoms with van der Waals surface area (Å²) in [5.41, 5.74) is 3.95. The van der Waals surface area contributed by atoms with E-state index < -0.39 is 24.5 Å². The van der Waals surface area contributed by atoms with E-state index in [-0.39, 0.29) is 34.7 Å². The van der Waals surface area contributed by atoms with Crippen LogP contribution in [0.25, 0.3) is 5.76 Å². The molecule has 0 aliphatic carbocycles. The van der Waals surface area contributed by atoms with Crippen LogP contribution in [0.4, 0.5) is 4.39 Å². The topological polar surface area (TPSA) is 117 Å². The molecule has 5 aromatic rings. The Kier molecular flexibility index (Phi) is 12.9. The zero-order chi connectivity index (χ0) is 40.6. The number of carbonyl (C=O) groups excluding carboxylic acids is 3. The predicted octanol–water partition coefficient (Wildman–Crippen LogP) is 7.98. The molecule has 11 nitrogen and oxygen atoms in total. The van der Waals surface area contributed by atoms with Crippen LogP contribution in [0.15, 0.2) is 109 Å². The molecule has 0 atom stereocenters. The van der Waals surface area contributed by atoms with E-state index in [1.54, 1.807) is 48.2 Å². The van der Waals surface area contributed by atoms with E-state index in [0.29, 0.717) is 79.1 Å². The minimum Gasteiger partial charge on any atom is -0.493 e. The van der Waals surface area contributed by atoms with Crippen molar-refractivity contribution in [3.05, 3.63) is 153 Å². The van der Waals surface area contributed by atoms with Gasteiger partial charge in [-0.3, -0.25) is 9.69 Å². The smallest absolute Gasteiger partial charge is 0.422 e. The number of amides is 1. The van der Waals surface area contributed by atoms with Gasteiger partial charge in [0.15, 0.2) is 11.5 Å². The second-order valence-corrected chi connectivity index (χ2v) is 14.4. The molecule has 1 aromatic heterocycles. The number of halogens is 3. The standard InChI is InChI=1S/C44H38Cl2FN3O8/c1-28-22-32(23-38(46)40(28)57-39-15-14-35(24-48-39)55-26-31-4-2-3-5-37(31)45)41-36(27-56-43(52)44(53)58-41)42(51)50-19-17-49(18-20-50)25-30-8-6-29(7-9-30)16-21-54-34-12-10-33(47)11-13-34/h2-15,22-24H,16-21,25-27H2,1H3. The number of rotatable bonds is 13. The number of aromatic nitrogens is 1. The van der Waals surface area contributed by atoms with Crippen LogP contribution in [0, 0.1) is 12.7 Å². The maximum atomic E-state index is 14.0. The molecule has 4 aromatic carbocycles. The number of hydrogen-bond acceptors (Lipinski definition) is 10. The van der Waals surface area contributed by atoms with Gasteiger partial charge in [-0.25, -0.2) is 19.0 Å². The molecule has 0 spiro atoms. The van der Waals surface area contributed by atoms with Crippen molar-refractivity contribution in [2.24, 2.45) is 0 Å². The lowest BCUT2D eigenvalue weighted by atomic mass is 10.0. The van der Waals surface area contributed by atoms with Gasteiger partial charge in [-0.1, -0.05) is 65.7 Å². The lowest BCUT2D eigenvalue weighted by molar-refractivity contribution is -0.162. The van der Waals surface area contributed by atoms with Crippen molar-refractivity contribution in [1.82, 2.24) is 14.8 Å². The molecule has 298 valence electrons. The molecule has 1 fully saturated rings. The summed E-state index contributed by atoms with van der Waals surface area (Å²) >= 11 is 12.9. The molecular weight excluding hydrogens is 788 g/mol. The van der Waals surface area contributed by atoms with Gasteiger partial charge in [-0.15, -0.1) is 0 Å². The minimum absolute atomic E-state index is 0.0184. The summed E-state index contributed by atoms with van der Waals surface area (Å²) in [7, 11) is 0. The summed E-state index contributed by atoms with van der Waals surface area (Å²) in [5, 5.41) is 0.759. The van der Waals surface area contributed by atoms with Crippen LogP contribution in [-0.4, -0.2) is 72.0 Å². The van der Waals surface area contributed by atoms with E-state index in [9.17, 15) is 18.8 Å². The largest absolute Gasteiger partial charge is 0.493 e. The van der Waals surface area contributed by atoms with Crippen molar-refractivity contribution in [2.45, 2.75) is 26.5 Å². The van der Waals surface area contributed by atoms with Crippen LogP contribution in [-0.2, 0) is 43.4 Å². The van der Waals surface area contributed by atoms with Gasteiger partial charge in [0.05, 0.1) is 23.4 Å². The summed E-state index contributed by atoms with van der Waals surface area (Å²) in [6.07, 6.45) is 2.23. The molecule has 58 heavy (non-hydrogen) atoms. The lowest BCUT2D eigenvalue weighted by Crippen LogP contribution is -2.49. The van der Waals surface area contributed by atoms with Crippen LogP contribution >= 0.6 is 23.2 Å². The molecule has 2 aliphatic heterocycles. The molecule has 0 radical (unpaired) electrons. The first-order valence-electron chi connectivity index (χ1n) is 18.5. The maximum Gasteiger partial charge on any atom is 0.422 e. The number of esters is 2. The fourth-order valence-electron chi connectivity index (χ4n) is 6.42. The highest BCUT2D eigenvalue weighted by Gasteiger charge is 2.34. The van der Waals surface area contributed by atoms with E-state index >= 15 is 0 Å². The number of benzene rings is 4. The molecule has 7 rings (SSSR count). The van der Waals surface area contributed by atoms with E-state index in [4.69, 9.17) is 46.9 Å². The van der Waals surface area contributed by atoms with Gasteiger partial charge in [0.25, 0.3) is 5.91 Å². The van der Waals surface area contributed by atoms with Crippen LogP contribution < -0.4 is 14.2 Å². The maximum absolute atomic E-state index is 14.0. The fraction of sp³-hybridized carbons (Fsp3) is 0.227. The zero-order valence-electron chi connectivity index (χ0n) is 31.4. The fourth-order valence-corrected chi connectivity index (χ4v) is 6.92. The number of piperazine rings is 1. The van der Waals surface area contributed by atoms with Gasteiger partial charge in [-0.2, -0.15) is 0 Å². The lowest BCUT2D eigenvalue weighted by Gasteiger charge is -2.35. The highest BCUT2D eigenvalue weighted by atomic mass is 35.5.